The van der Waals surface area contributed by atoms with Crippen molar-refractivity contribution in [3.63, 3.8) is 0 Å². The van der Waals surface area contributed by atoms with Gasteiger partial charge in [-0.15, -0.1) is 0 Å². The molecule has 18 heavy (non-hydrogen) atoms. The summed E-state index contributed by atoms with van der Waals surface area (Å²) >= 11 is 0. The van der Waals surface area contributed by atoms with E-state index in [9.17, 15) is 0 Å². The summed E-state index contributed by atoms with van der Waals surface area (Å²) in [5.74, 6) is 0.840. The molecule has 1 fully saturated rings. The number of hydrogen-bond acceptors (Lipinski definition) is 4. The zero-order valence-corrected chi connectivity index (χ0v) is 11.4. The van der Waals surface area contributed by atoms with Gasteiger partial charge in [0.05, 0.1) is 11.8 Å². The summed E-state index contributed by atoms with van der Waals surface area (Å²) in [6.07, 6.45) is 6.91. The molecule has 1 saturated heterocycles. The molecule has 0 spiro atoms. The number of hydrogen-bond donors (Lipinski definition) is 1. The van der Waals surface area contributed by atoms with E-state index in [2.05, 4.69) is 22.2 Å². The molecule has 0 radical (unpaired) electrons. The highest BCUT2D eigenvalue weighted by Gasteiger charge is 2.19. The number of rotatable bonds is 6. The highest BCUT2D eigenvalue weighted by atomic mass is 16.5. The van der Waals surface area contributed by atoms with E-state index >= 15 is 0 Å². The molecular weight excluding hydrogens is 226 g/mol. The van der Waals surface area contributed by atoms with Gasteiger partial charge in [0.1, 0.15) is 5.82 Å². The van der Waals surface area contributed by atoms with Gasteiger partial charge >= 0.3 is 0 Å². The quantitative estimate of drug-likeness (QED) is 0.841. The first-order valence-corrected chi connectivity index (χ1v) is 6.94. The molecule has 0 saturated carbocycles. The molecule has 2 heterocycles. The predicted molar refractivity (Wildman–Crippen MR) is 71.4 cm³/mol. The van der Waals surface area contributed by atoms with Crippen LogP contribution in [-0.4, -0.2) is 29.2 Å². The Kier molecular flexibility index (Phi) is 5.08. The van der Waals surface area contributed by atoms with E-state index in [1.807, 2.05) is 19.2 Å². The fraction of sp³-hybridized carbons (Fsp3) is 0.714. The summed E-state index contributed by atoms with van der Waals surface area (Å²) in [6.45, 7) is 5.96. The Morgan fingerprint density at radius 1 is 1.56 bits per heavy atom. The normalized spacial score (nSPS) is 21.1. The maximum Gasteiger partial charge on any atom is 0.125 e. The van der Waals surface area contributed by atoms with Crippen LogP contribution in [0.25, 0.3) is 0 Å². The SMILES string of the molecule is CCNC(CCC1CCCO1)c1ccnc(C)n1. The predicted octanol–water partition coefficient (Wildman–Crippen LogP) is 2.39. The van der Waals surface area contributed by atoms with Crippen LogP contribution in [0.1, 0.15) is 50.2 Å². The third kappa shape index (κ3) is 3.75. The van der Waals surface area contributed by atoms with Crippen molar-refractivity contribution < 1.29 is 4.74 Å². The molecule has 4 heteroatoms. The second kappa shape index (κ2) is 6.81. The summed E-state index contributed by atoms with van der Waals surface area (Å²) in [5.41, 5.74) is 1.10. The minimum atomic E-state index is 0.320. The number of aryl methyl sites for hydroxylation is 1. The third-order valence-corrected chi connectivity index (χ3v) is 3.41. The summed E-state index contributed by atoms with van der Waals surface area (Å²) in [4.78, 5) is 8.68. The maximum atomic E-state index is 5.68. The smallest absolute Gasteiger partial charge is 0.125 e. The molecule has 100 valence electrons. The van der Waals surface area contributed by atoms with Crippen molar-refractivity contribution in [1.82, 2.24) is 15.3 Å². The van der Waals surface area contributed by atoms with Crippen LogP contribution in [0, 0.1) is 6.92 Å². The van der Waals surface area contributed by atoms with Crippen LogP contribution in [0.5, 0.6) is 0 Å². The highest BCUT2D eigenvalue weighted by Crippen LogP contribution is 2.22. The lowest BCUT2D eigenvalue weighted by Gasteiger charge is -2.19. The molecular formula is C14H23N3O. The molecule has 1 aliphatic rings. The average molecular weight is 249 g/mol. The van der Waals surface area contributed by atoms with Gasteiger partial charge in [0, 0.05) is 18.8 Å². The Morgan fingerprint density at radius 3 is 3.11 bits per heavy atom. The van der Waals surface area contributed by atoms with Crippen LogP contribution in [0.4, 0.5) is 0 Å². The molecule has 0 aromatic carbocycles. The molecule has 0 aliphatic carbocycles. The summed E-state index contributed by atoms with van der Waals surface area (Å²) in [7, 11) is 0. The Morgan fingerprint density at radius 2 is 2.44 bits per heavy atom. The van der Waals surface area contributed by atoms with Gasteiger partial charge in [-0.25, -0.2) is 9.97 Å². The summed E-state index contributed by atoms with van der Waals surface area (Å²) in [6, 6.07) is 2.33. The standard InChI is InChI=1S/C14H23N3O/c1-3-15-13(7-6-12-5-4-10-18-12)14-8-9-16-11(2)17-14/h8-9,12-13,15H,3-7,10H2,1-2H3. The largest absolute Gasteiger partial charge is 0.378 e. The van der Waals surface area contributed by atoms with Crippen molar-refractivity contribution in [3.05, 3.63) is 23.8 Å². The van der Waals surface area contributed by atoms with Crippen molar-refractivity contribution in [2.24, 2.45) is 0 Å². The molecule has 2 rings (SSSR count). The van der Waals surface area contributed by atoms with Crippen LogP contribution in [0.2, 0.25) is 0 Å². The monoisotopic (exact) mass is 249 g/mol. The molecule has 1 aliphatic heterocycles. The van der Waals surface area contributed by atoms with Gasteiger partial charge < -0.3 is 10.1 Å². The molecule has 1 aromatic heterocycles. The second-order valence-electron chi connectivity index (χ2n) is 4.85. The molecule has 4 nitrogen and oxygen atoms in total. The molecule has 0 bridgehead atoms. The molecule has 1 aromatic rings. The first-order chi connectivity index (χ1) is 8.79. The van der Waals surface area contributed by atoms with Gasteiger partial charge in [-0.1, -0.05) is 6.92 Å². The lowest BCUT2D eigenvalue weighted by atomic mass is 10.0. The maximum absolute atomic E-state index is 5.68. The fourth-order valence-corrected chi connectivity index (χ4v) is 2.49. The van der Waals surface area contributed by atoms with Gasteiger partial charge in [-0.05, 0) is 45.2 Å². The Balaban J connectivity index is 1.94. The number of ether oxygens (including phenoxy) is 1. The van der Waals surface area contributed by atoms with E-state index in [0.717, 1.165) is 37.5 Å². The van der Waals surface area contributed by atoms with E-state index in [1.54, 1.807) is 0 Å². The first-order valence-electron chi connectivity index (χ1n) is 6.94. The highest BCUT2D eigenvalue weighted by molar-refractivity contribution is 5.07. The Labute approximate surface area is 109 Å². The van der Waals surface area contributed by atoms with Crippen molar-refractivity contribution in [1.29, 1.82) is 0 Å². The summed E-state index contributed by atoms with van der Waals surface area (Å²) < 4.78 is 5.68. The zero-order valence-electron chi connectivity index (χ0n) is 11.4. The van der Waals surface area contributed by atoms with E-state index in [0.29, 0.717) is 12.1 Å². The average Bonchev–Trinajstić information content (AvgIpc) is 2.87. The minimum Gasteiger partial charge on any atom is -0.378 e. The van der Waals surface area contributed by atoms with Crippen molar-refractivity contribution in [3.8, 4) is 0 Å². The van der Waals surface area contributed by atoms with Gasteiger partial charge in [-0.3, -0.25) is 0 Å². The molecule has 0 amide bonds. The first kappa shape index (κ1) is 13.4. The Hall–Kier alpha value is -1.00. The van der Waals surface area contributed by atoms with Crippen LogP contribution in [0.3, 0.4) is 0 Å². The van der Waals surface area contributed by atoms with E-state index < -0.39 is 0 Å². The molecule has 2 unspecified atom stereocenters. The topological polar surface area (TPSA) is 47.0 Å². The number of nitrogens with one attached hydrogen (secondary N) is 1. The fourth-order valence-electron chi connectivity index (χ4n) is 2.49. The minimum absolute atomic E-state index is 0.320. The lowest BCUT2D eigenvalue weighted by Crippen LogP contribution is -2.23. The Bertz CT molecular complexity index is 364. The van der Waals surface area contributed by atoms with E-state index in [-0.39, 0.29) is 0 Å². The third-order valence-electron chi connectivity index (χ3n) is 3.41. The van der Waals surface area contributed by atoms with Gasteiger partial charge in [0.2, 0.25) is 0 Å². The number of aromatic nitrogens is 2. The van der Waals surface area contributed by atoms with Gasteiger partial charge in [-0.2, -0.15) is 0 Å². The van der Waals surface area contributed by atoms with Gasteiger partial charge in [0.25, 0.3) is 0 Å². The summed E-state index contributed by atoms with van der Waals surface area (Å²) in [5, 5.41) is 3.50. The lowest BCUT2D eigenvalue weighted by molar-refractivity contribution is 0.0995. The van der Waals surface area contributed by atoms with Crippen molar-refractivity contribution in [2.75, 3.05) is 13.2 Å². The number of nitrogens with zero attached hydrogens (tertiary/aromatic N) is 2. The molecule has 2 atom stereocenters. The van der Waals surface area contributed by atoms with Crippen LogP contribution in [-0.2, 0) is 4.74 Å². The van der Waals surface area contributed by atoms with E-state index in [1.165, 1.54) is 12.8 Å². The van der Waals surface area contributed by atoms with Crippen molar-refractivity contribution in [2.45, 2.75) is 51.7 Å². The van der Waals surface area contributed by atoms with Crippen LogP contribution >= 0.6 is 0 Å². The van der Waals surface area contributed by atoms with Gasteiger partial charge in [0.15, 0.2) is 0 Å². The second-order valence-corrected chi connectivity index (χ2v) is 4.85. The van der Waals surface area contributed by atoms with Crippen LogP contribution < -0.4 is 5.32 Å². The van der Waals surface area contributed by atoms with Crippen LogP contribution in [0.15, 0.2) is 12.3 Å². The molecule has 1 N–H and O–H groups in total. The van der Waals surface area contributed by atoms with E-state index in [4.69, 9.17) is 4.74 Å². The van der Waals surface area contributed by atoms with Crippen molar-refractivity contribution >= 4 is 0 Å². The zero-order chi connectivity index (χ0) is 12.8.